The Morgan fingerprint density at radius 1 is 0.964 bits per heavy atom. The average Bonchev–Trinajstić information content (AvgIpc) is 3.18. The molecule has 2 aromatic rings. The largest absolute Gasteiger partial charge is 0.493 e. The number of ether oxygens (including phenoxy) is 4. The molecule has 0 bridgehead atoms. The van der Waals surface area contributed by atoms with Crippen molar-refractivity contribution in [1.29, 1.82) is 0 Å². The molecule has 28 heavy (non-hydrogen) atoms. The third kappa shape index (κ3) is 3.47. The van der Waals surface area contributed by atoms with Crippen molar-refractivity contribution in [3.05, 3.63) is 47.5 Å². The number of methoxy groups -OCH3 is 4. The van der Waals surface area contributed by atoms with E-state index in [-0.39, 0.29) is 11.9 Å². The molecule has 0 spiro atoms. The molecule has 1 atom stereocenters. The van der Waals surface area contributed by atoms with E-state index in [1.165, 1.54) is 11.9 Å². The van der Waals surface area contributed by atoms with Crippen LogP contribution in [0.5, 0.6) is 23.0 Å². The van der Waals surface area contributed by atoms with Gasteiger partial charge >= 0.3 is 0 Å². The molecule has 1 heterocycles. The molecule has 0 saturated heterocycles. The van der Waals surface area contributed by atoms with Crippen LogP contribution < -0.4 is 18.9 Å². The molecule has 1 aliphatic rings. The fraction of sp³-hybridized carbons (Fsp3) is 0.333. The van der Waals surface area contributed by atoms with Crippen LogP contribution in [0.2, 0.25) is 0 Å². The maximum absolute atomic E-state index is 12.3. The third-order valence-corrected chi connectivity index (χ3v) is 4.74. The number of carbonyl (C=O) groups excluding carboxylic acids is 1. The van der Waals surface area contributed by atoms with Gasteiger partial charge in [0.15, 0.2) is 23.0 Å². The van der Waals surface area contributed by atoms with Crippen molar-refractivity contribution in [3.63, 3.8) is 0 Å². The van der Waals surface area contributed by atoms with E-state index < -0.39 is 0 Å². The number of para-hydroxylation sites is 1. The fourth-order valence-electron chi connectivity index (χ4n) is 3.41. The molecule has 1 aliphatic heterocycles. The number of hydrogen-bond donors (Lipinski definition) is 0. The van der Waals surface area contributed by atoms with Crippen molar-refractivity contribution in [2.75, 3.05) is 28.4 Å². The van der Waals surface area contributed by atoms with Gasteiger partial charge in [0.25, 0.3) is 0 Å². The molecule has 1 amide bonds. The Morgan fingerprint density at radius 2 is 1.68 bits per heavy atom. The molecule has 0 saturated carbocycles. The Bertz CT molecular complexity index is 910. The molecular formula is C21H24N2O5. The Hall–Kier alpha value is -3.22. The van der Waals surface area contributed by atoms with Crippen LogP contribution in [0.3, 0.4) is 0 Å². The second kappa shape index (κ2) is 8.21. The maximum atomic E-state index is 12.3. The molecule has 2 aromatic carbocycles. The smallest absolute Gasteiger partial charge is 0.240 e. The molecule has 0 aliphatic carbocycles. The quantitative estimate of drug-likeness (QED) is 0.763. The predicted molar refractivity (Wildman–Crippen MR) is 106 cm³/mol. The van der Waals surface area contributed by atoms with E-state index in [2.05, 4.69) is 5.10 Å². The summed E-state index contributed by atoms with van der Waals surface area (Å²) in [5, 5.41) is 6.07. The summed E-state index contributed by atoms with van der Waals surface area (Å²) in [5.41, 5.74) is 2.50. The zero-order valence-corrected chi connectivity index (χ0v) is 16.7. The minimum atomic E-state index is -0.286. The van der Waals surface area contributed by atoms with Gasteiger partial charge in [-0.1, -0.05) is 12.1 Å². The second-order valence-electron chi connectivity index (χ2n) is 6.28. The highest BCUT2D eigenvalue weighted by atomic mass is 16.5. The Kier molecular flexibility index (Phi) is 5.73. The van der Waals surface area contributed by atoms with E-state index in [0.717, 1.165) is 16.8 Å². The van der Waals surface area contributed by atoms with Crippen molar-refractivity contribution in [3.8, 4) is 23.0 Å². The van der Waals surface area contributed by atoms with Crippen LogP contribution in [0.15, 0.2) is 41.5 Å². The van der Waals surface area contributed by atoms with Crippen molar-refractivity contribution >= 4 is 11.6 Å². The lowest BCUT2D eigenvalue weighted by Gasteiger charge is -2.23. The Balaban J connectivity index is 2.01. The second-order valence-corrected chi connectivity index (χ2v) is 6.28. The van der Waals surface area contributed by atoms with E-state index in [9.17, 15) is 4.79 Å². The first-order chi connectivity index (χ1) is 13.5. The normalized spacial score (nSPS) is 15.8. The first-order valence-electron chi connectivity index (χ1n) is 8.84. The number of benzene rings is 2. The van der Waals surface area contributed by atoms with Crippen molar-refractivity contribution in [2.24, 2.45) is 5.10 Å². The van der Waals surface area contributed by atoms with E-state index in [4.69, 9.17) is 18.9 Å². The van der Waals surface area contributed by atoms with Gasteiger partial charge in [0, 0.05) is 24.5 Å². The van der Waals surface area contributed by atoms with Gasteiger partial charge in [0.05, 0.1) is 40.2 Å². The number of hydrogen-bond acceptors (Lipinski definition) is 6. The Morgan fingerprint density at radius 3 is 2.29 bits per heavy atom. The SMILES string of the molecule is COc1ccc(C2=NN(C(C)=O)[C@H](c3cccc(OC)c3OC)C2)cc1OC. The third-order valence-electron chi connectivity index (χ3n) is 4.74. The van der Waals surface area contributed by atoms with Crippen molar-refractivity contribution in [1.82, 2.24) is 5.01 Å². The van der Waals surface area contributed by atoms with Gasteiger partial charge in [-0.3, -0.25) is 4.79 Å². The van der Waals surface area contributed by atoms with Crippen LogP contribution >= 0.6 is 0 Å². The lowest BCUT2D eigenvalue weighted by atomic mass is 9.97. The van der Waals surface area contributed by atoms with Gasteiger partial charge in [-0.25, -0.2) is 5.01 Å². The maximum Gasteiger partial charge on any atom is 0.240 e. The molecule has 3 rings (SSSR count). The molecule has 0 N–H and O–H groups in total. The summed E-state index contributed by atoms with van der Waals surface area (Å²) in [5.74, 6) is 2.32. The molecule has 0 unspecified atom stereocenters. The van der Waals surface area contributed by atoms with Crippen molar-refractivity contribution < 1.29 is 23.7 Å². The van der Waals surface area contributed by atoms with Gasteiger partial charge in [0.1, 0.15) is 0 Å². The van der Waals surface area contributed by atoms with E-state index in [1.807, 2.05) is 36.4 Å². The zero-order chi connectivity index (χ0) is 20.3. The van der Waals surface area contributed by atoms with Crippen LogP contribution in [0, 0.1) is 0 Å². The summed E-state index contributed by atoms with van der Waals surface area (Å²) in [6, 6.07) is 10.9. The Labute approximate surface area is 164 Å². The van der Waals surface area contributed by atoms with Gasteiger partial charge < -0.3 is 18.9 Å². The summed E-state index contributed by atoms with van der Waals surface area (Å²) in [6.45, 7) is 1.50. The highest BCUT2D eigenvalue weighted by Gasteiger charge is 2.34. The van der Waals surface area contributed by atoms with Crippen LogP contribution in [0.1, 0.15) is 30.5 Å². The van der Waals surface area contributed by atoms with Gasteiger partial charge in [-0.05, 0) is 24.3 Å². The predicted octanol–water partition coefficient (Wildman–Crippen LogP) is 3.42. The van der Waals surface area contributed by atoms with E-state index in [1.54, 1.807) is 28.4 Å². The van der Waals surface area contributed by atoms with Crippen LogP contribution in [-0.4, -0.2) is 45.1 Å². The zero-order valence-electron chi connectivity index (χ0n) is 16.7. The summed E-state index contributed by atoms with van der Waals surface area (Å²) in [7, 11) is 6.35. The lowest BCUT2D eigenvalue weighted by Crippen LogP contribution is -2.24. The highest BCUT2D eigenvalue weighted by molar-refractivity contribution is 6.03. The summed E-state index contributed by atoms with van der Waals surface area (Å²) in [6.07, 6.45) is 0.540. The molecule has 7 heteroatoms. The molecule has 0 aromatic heterocycles. The van der Waals surface area contributed by atoms with Crippen LogP contribution in [-0.2, 0) is 4.79 Å². The number of amides is 1. The van der Waals surface area contributed by atoms with Gasteiger partial charge in [0.2, 0.25) is 5.91 Å². The summed E-state index contributed by atoms with van der Waals surface area (Å²) < 4.78 is 21.7. The highest BCUT2D eigenvalue weighted by Crippen LogP contribution is 2.42. The monoisotopic (exact) mass is 384 g/mol. The van der Waals surface area contributed by atoms with E-state index >= 15 is 0 Å². The van der Waals surface area contributed by atoms with Crippen molar-refractivity contribution in [2.45, 2.75) is 19.4 Å². The lowest BCUT2D eigenvalue weighted by molar-refractivity contribution is -0.130. The number of hydrazone groups is 1. The molecular weight excluding hydrogens is 360 g/mol. The van der Waals surface area contributed by atoms with Crippen LogP contribution in [0.4, 0.5) is 0 Å². The average molecular weight is 384 g/mol. The molecule has 0 fully saturated rings. The molecule has 148 valence electrons. The van der Waals surface area contributed by atoms with Crippen LogP contribution in [0.25, 0.3) is 0 Å². The fourth-order valence-corrected chi connectivity index (χ4v) is 3.41. The first kappa shape index (κ1) is 19.5. The summed E-state index contributed by atoms with van der Waals surface area (Å²) in [4.78, 5) is 12.3. The minimum Gasteiger partial charge on any atom is -0.493 e. The van der Waals surface area contributed by atoms with E-state index in [0.29, 0.717) is 29.4 Å². The summed E-state index contributed by atoms with van der Waals surface area (Å²) >= 11 is 0. The minimum absolute atomic E-state index is 0.148. The number of nitrogens with zero attached hydrogens (tertiary/aromatic N) is 2. The first-order valence-corrected chi connectivity index (χ1v) is 8.84. The molecule has 7 nitrogen and oxygen atoms in total. The molecule has 0 radical (unpaired) electrons. The number of rotatable bonds is 6. The van der Waals surface area contributed by atoms with Gasteiger partial charge in [-0.2, -0.15) is 5.10 Å². The topological polar surface area (TPSA) is 69.6 Å². The van der Waals surface area contributed by atoms with Gasteiger partial charge in [-0.15, -0.1) is 0 Å². The number of carbonyl (C=O) groups is 1. The standard InChI is InChI=1S/C21H24N2O5/c1-13(24)23-17(15-7-6-8-19(26-3)21(15)28-5)12-16(22-23)14-9-10-18(25-2)20(11-14)27-4/h6-11,17H,12H2,1-5H3/t17-/m0/s1.